The summed E-state index contributed by atoms with van der Waals surface area (Å²) in [6.07, 6.45) is 2.89. The van der Waals surface area contributed by atoms with Crippen molar-refractivity contribution in [3.8, 4) is 0 Å². The second kappa shape index (κ2) is 9.42. The number of ether oxygens (including phenoxy) is 2. The van der Waals surface area contributed by atoms with Crippen LogP contribution in [0.25, 0.3) is 0 Å². The van der Waals surface area contributed by atoms with Crippen LogP contribution in [0.15, 0.2) is 48.5 Å². The number of hydrogen-bond donors (Lipinski definition) is 1. The van der Waals surface area contributed by atoms with Gasteiger partial charge in [0.25, 0.3) is 0 Å². The molecule has 0 aliphatic carbocycles. The number of amides is 1. The Labute approximate surface area is 173 Å². The Morgan fingerprint density at radius 2 is 2.00 bits per heavy atom. The highest BCUT2D eigenvalue weighted by Gasteiger charge is 2.20. The molecule has 29 heavy (non-hydrogen) atoms. The molecule has 0 aromatic heterocycles. The minimum absolute atomic E-state index is 0.0826. The van der Waals surface area contributed by atoms with Crippen molar-refractivity contribution < 1.29 is 14.3 Å². The summed E-state index contributed by atoms with van der Waals surface area (Å²) < 4.78 is 11.2. The highest BCUT2D eigenvalue weighted by Crippen LogP contribution is 2.28. The minimum atomic E-state index is -0.464. The fraction of sp³-hybridized carbons (Fsp3) is 0.458. The van der Waals surface area contributed by atoms with E-state index in [0.717, 1.165) is 44.5 Å². The van der Waals surface area contributed by atoms with E-state index < -0.39 is 6.10 Å². The standard InChI is InChI=1S/C24H30N2O3/c1-18(29-17-22-6-4-14-28-22)24(27)25-15-19-8-10-20(11-9-19)16-26-13-12-21-5-2-3-7-23(21)26/h2-3,5,7-11,18,22H,4,6,12-17H2,1H3,(H,25,27). The lowest BCUT2D eigenvalue weighted by Gasteiger charge is -2.19. The van der Waals surface area contributed by atoms with E-state index in [2.05, 4.69) is 58.7 Å². The molecule has 2 atom stereocenters. The van der Waals surface area contributed by atoms with Gasteiger partial charge in [0.1, 0.15) is 6.10 Å². The Bertz CT molecular complexity index is 815. The molecule has 2 heterocycles. The molecule has 4 rings (SSSR count). The van der Waals surface area contributed by atoms with Crippen LogP contribution < -0.4 is 10.2 Å². The Balaban J connectivity index is 1.22. The van der Waals surface area contributed by atoms with E-state index in [1.54, 1.807) is 6.92 Å². The van der Waals surface area contributed by atoms with Gasteiger partial charge in [-0.25, -0.2) is 0 Å². The first kappa shape index (κ1) is 19.9. The first-order valence-electron chi connectivity index (χ1n) is 10.6. The van der Waals surface area contributed by atoms with E-state index in [0.29, 0.717) is 13.2 Å². The Morgan fingerprint density at radius 1 is 1.21 bits per heavy atom. The van der Waals surface area contributed by atoms with E-state index in [1.165, 1.54) is 16.8 Å². The van der Waals surface area contributed by atoms with E-state index in [-0.39, 0.29) is 12.0 Å². The summed E-state index contributed by atoms with van der Waals surface area (Å²) in [7, 11) is 0. The molecule has 5 nitrogen and oxygen atoms in total. The van der Waals surface area contributed by atoms with E-state index in [1.807, 2.05) is 0 Å². The maximum atomic E-state index is 12.3. The Morgan fingerprint density at radius 3 is 2.79 bits per heavy atom. The number of rotatable bonds is 8. The monoisotopic (exact) mass is 394 g/mol. The molecule has 2 aliphatic heterocycles. The normalized spacial score (nSPS) is 19.2. The molecule has 1 saturated heterocycles. The summed E-state index contributed by atoms with van der Waals surface area (Å²) in [5.41, 5.74) is 5.16. The van der Waals surface area contributed by atoms with Crippen molar-refractivity contribution in [2.75, 3.05) is 24.7 Å². The number of para-hydroxylation sites is 1. The number of fused-ring (bicyclic) bond motifs is 1. The van der Waals surface area contributed by atoms with Gasteiger partial charge in [-0.2, -0.15) is 0 Å². The minimum Gasteiger partial charge on any atom is -0.376 e. The van der Waals surface area contributed by atoms with Gasteiger partial charge in [-0.1, -0.05) is 42.5 Å². The zero-order valence-electron chi connectivity index (χ0n) is 17.1. The molecule has 1 fully saturated rings. The molecule has 2 unspecified atom stereocenters. The van der Waals surface area contributed by atoms with Gasteiger partial charge < -0.3 is 19.7 Å². The molecule has 0 spiro atoms. The lowest BCUT2D eigenvalue weighted by Crippen LogP contribution is -2.35. The lowest BCUT2D eigenvalue weighted by molar-refractivity contribution is -0.133. The van der Waals surface area contributed by atoms with Crippen molar-refractivity contribution in [2.24, 2.45) is 0 Å². The maximum absolute atomic E-state index is 12.3. The molecular weight excluding hydrogens is 364 g/mol. The summed E-state index contributed by atoms with van der Waals surface area (Å²) in [5, 5.41) is 2.96. The van der Waals surface area contributed by atoms with Crippen LogP contribution in [0.3, 0.4) is 0 Å². The molecule has 2 aliphatic rings. The lowest BCUT2D eigenvalue weighted by atomic mass is 10.1. The van der Waals surface area contributed by atoms with Gasteiger partial charge in [0.15, 0.2) is 0 Å². The number of carbonyl (C=O) groups is 1. The van der Waals surface area contributed by atoms with Gasteiger partial charge in [0, 0.05) is 31.9 Å². The molecule has 1 amide bonds. The number of nitrogens with one attached hydrogen (secondary N) is 1. The quantitative estimate of drug-likeness (QED) is 0.745. The number of hydrogen-bond acceptors (Lipinski definition) is 4. The summed E-state index contributed by atoms with van der Waals surface area (Å²) in [6.45, 7) is 5.58. The van der Waals surface area contributed by atoms with Crippen LogP contribution in [-0.2, 0) is 33.8 Å². The van der Waals surface area contributed by atoms with Gasteiger partial charge in [-0.05, 0) is 48.9 Å². The molecule has 154 valence electrons. The van der Waals surface area contributed by atoms with Crippen molar-refractivity contribution >= 4 is 11.6 Å². The van der Waals surface area contributed by atoms with Crippen molar-refractivity contribution in [1.29, 1.82) is 0 Å². The second-order valence-corrected chi connectivity index (χ2v) is 7.95. The third-order valence-corrected chi connectivity index (χ3v) is 5.77. The largest absolute Gasteiger partial charge is 0.376 e. The number of anilines is 1. The summed E-state index contributed by atoms with van der Waals surface area (Å²) in [5.74, 6) is -0.0826. The van der Waals surface area contributed by atoms with Gasteiger partial charge in [-0.15, -0.1) is 0 Å². The third-order valence-electron chi connectivity index (χ3n) is 5.77. The number of benzene rings is 2. The molecule has 5 heteroatoms. The predicted molar refractivity (Wildman–Crippen MR) is 114 cm³/mol. The fourth-order valence-electron chi connectivity index (χ4n) is 3.99. The van der Waals surface area contributed by atoms with E-state index >= 15 is 0 Å². The van der Waals surface area contributed by atoms with Gasteiger partial charge in [0.05, 0.1) is 12.7 Å². The van der Waals surface area contributed by atoms with Crippen LogP contribution in [0.4, 0.5) is 5.69 Å². The van der Waals surface area contributed by atoms with Crippen molar-refractivity contribution in [3.05, 3.63) is 65.2 Å². The molecule has 2 aromatic carbocycles. The molecule has 2 aromatic rings. The SMILES string of the molecule is CC(OCC1CCCO1)C(=O)NCc1ccc(CN2CCc3ccccc32)cc1. The predicted octanol–water partition coefficient (Wildman–Crippen LogP) is 3.45. The highest BCUT2D eigenvalue weighted by molar-refractivity contribution is 5.80. The molecule has 0 bridgehead atoms. The van der Waals surface area contributed by atoms with Crippen LogP contribution in [0.5, 0.6) is 0 Å². The first-order chi connectivity index (χ1) is 14.2. The smallest absolute Gasteiger partial charge is 0.249 e. The summed E-state index contributed by atoms with van der Waals surface area (Å²) >= 11 is 0. The molecular formula is C24H30N2O3. The zero-order chi connectivity index (χ0) is 20.1. The zero-order valence-corrected chi connectivity index (χ0v) is 17.1. The van der Waals surface area contributed by atoms with Crippen LogP contribution >= 0.6 is 0 Å². The average Bonchev–Trinajstić information content (AvgIpc) is 3.41. The first-order valence-corrected chi connectivity index (χ1v) is 10.6. The Hall–Kier alpha value is -2.37. The second-order valence-electron chi connectivity index (χ2n) is 7.95. The van der Waals surface area contributed by atoms with Crippen LogP contribution in [0.1, 0.15) is 36.5 Å². The van der Waals surface area contributed by atoms with Crippen LogP contribution in [0, 0.1) is 0 Å². The van der Waals surface area contributed by atoms with Crippen LogP contribution in [-0.4, -0.2) is 37.9 Å². The maximum Gasteiger partial charge on any atom is 0.249 e. The van der Waals surface area contributed by atoms with Crippen molar-refractivity contribution in [1.82, 2.24) is 5.32 Å². The third kappa shape index (κ3) is 5.17. The fourth-order valence-corrected chi connectivity index (χ4v) is 3.99. The number of nitrogens with zero attached hydrogens (tertiary/aromatic N) is 1. The Kier molecular flexibility index (Phi) is 6.47. The van der Waals surface area contributed by atoms with Crippen LogP contribution in [0.2, 0.25) is 0 Å². The average molecular weight is 395 g/mol. The topological polar surface area (TPSA) is 50.8 Å². The molecule has 0 saturated carbocycles. The summed E-state index contributed by atoms with van der Waals surface area (Å²) in [4.78, 5) is 14.7. The van der Waals surface area contributed by atoms with Gasteiger partial charge in [0.2, 0.25) is 5.91 Å². The van der Waals surface area contributed by atoms with Gasteiger partial charge >= 0.3 is 0 Å². The van der Waals surface area contributed by atoms with E-state index in [9.17, 15) is 4.79 Å². The highest BCUT2D eigenvalue weighted by atomic mass is 16.5. The van der Waals surface area contributed by atoms with E-state index in [4.69, 9.17) is 9.47 Å². The molecule has 1 N–H and O–H groups in total. The van der Waals surface area contributed by atoms with Crippen molar-refractivity contribution in [3.63, 3.8) is 0 Å². The number of carbonyl (C=O) groups excluding carboxylic acids is 1. The van der Waals surface area contributed by atoms with Gasteiger partial charge in [-0.3, -0.25) is 4.79 Å². The summed E-state index contributed by atoms with van der Waals surface area (Å²) in [6, 6.07) is 17.1. The molecule has 0 radical (unpaired) electrons. The van der Waals surface area contributed by atoms with Crippen molar-refractivity contribution in [2.45, 2.75) is 51.5 Å².